The number of aryl methyl sites for hydroxylation is 1. The van der Waals surface area contributed by atoms with Crippen LogP contribution in [-0.4, -0.2) is 5.97 Å². The van der Waals surface area contributed by atoms with Gasteiger partial charge in [-0.15, -0.1) is 0 Å². The Kier molecular flexibility index (Phi) is 5.23. The Morgan fingerprint density at radius 3 is 2.52 bits per heavy atom. The summed E-state index contributed by atoms with van der Waals surface area (Å²) in [4.78, 5) is 11.5. The Morgan fingerprint density at radius 1 is 1.14 bits per heavy atom. The van der Waals surface area contributed by atoms with Crippen LogP contribution in [-0.2, 0) is 11.4 Å². The number of carbonyl (C=O) groups is 1. The van der Waals surface area contributed by atoms with Crippen molar-refractivity contribution in [2.45, 2.75) is 26.9 Å². The first-order valence-electron chi connectivity index (χ1n) is 6.77. The minimum absolute atomic E-state index is 0.245. The summed E-state index contributed by atoms with van der Waals surface area (Å²) in [5.74, 6) is 0.892. The molecule has 0 aliphatic rings. The molecule has 0 N–H and O–H groups in total. The summed E-state index contributed by atoms with van der Waals surface area (Å²) in [6.07, 6.45) is 0.310. The van der Waals surface area contributed by atoms with E-state index in [4.69, 9.17) is 21.1 Å². The van der Waals surface area contributed by atoms with E-state index in [1.807, 2.05) is 31.2 Å². The van der Waals surface area contributed by atoms with Crippen molar-refractivity contribution in [1.29, 1.82) is 0 Å². The lowest BCUT2D eigenvalue weighted by Crippen LogP contribution is -2.09. The van der Waals surface area contributed by atoms with E-state index >= 15 is 0 Å². The number of esters is 1. The quantitative estimate of drug-likeness (QED) is 0.601. The number of hydrogen-bond donors (Lipinski definition) is 0. The van der Waals surface area contributed by atoms with Crippen LogP contribution in [0.3, 0.4) is 0 Å². The van der Waals surface area contributed by atoms with Gasteiger partial charge >= 0.3 is 5.97 Å². The van der Waals surface area contributed by atoms with Crippen LogP contribution in [0.4, 0.5) is 0 Å². The van der Waals surface area contributed by atoms with Crippen LogP contribution in [0.25, 0.3) is 0 Å². The highest BCUT2D eigenvalue weighted by molar-refractivity contribution is 6.31. The number of rotatable bonds is 5. The zero-order valence-corrected chi connectivity index (χ0v) is 12.8. The molecule has 0 saturated heterocycles. The molecular weight excluding hydrogens is 288 g/mol. The minimum atomic E-state index is -0.297. The third-order valence-corrected chi connectivity index (χ3v) is 3.35. The van der Waals surface area contributed by atoms with Crippen molar-refractivity contribution in [3.8, 4) is 11.5 Å². The first-order chi connectivity index (χ1) is 10.1. The summed E-state index contributed by atoms with van der Waals surface area (Å²) in [7, 11) is 0. The first kappa shape index (κ1) is 15.4. The van der Waals surface area contributed by atoms with E-state index in [0.29, 0.717) is 22.8 Å². The molecule has 0 unspecified atom stereocenters. The smallest absolute Gasteiger partial charge is 0.310 e. The molecule has 0 heterocycles. The van der Waals surface area contributed by atoms with Gasteiger partial charge in [0.15, 0.2) is 0 Å². The van der Waals surface area contributed by atoms with Crippen molar-refractivity contribution in [2.24, 2.45) is 0 Å². The molecule has 21 heavy (non-hydrogen) atoms. The summed E-state index contributed by atoms with van der Waals surface area (Å²) in [6.45, 7) is 4.00. The van der Waals surface area contributed by atoms with Crippen LogP contribution in [0.2, 0.25) is 5.02 Å². The number of halogens is 1. The fourth-order valence-corrected chi connectivity index (χ4v) is 1.98. The van der Waals surface area contributed by atoms with Crippen LogP contribution >= 0.6 is 11.6 Å². The fourth-order valence-electron chi connectivity index (χ4n) is 1.76. The van der Waals surface area contributed by atoms with E-state index in [1.54, 1.807) is 25.1 Å². The van der Waals surface area contributed by atoms with Gasteiger partial charge in [0.1, 0.15) is 18.1 Å². The topological polar surface area (TPSA) is 35.5 Å². The fraction of sp³-hybridized carbons (Fsp3) is 0.235. The Bertz CT molecular complexity index is 620. The van der Waals surface area contributed by atoms with Gasteiger partial charge < -0.3 is 9.47 Å². The third kappa shape index (κ3) is 4.23. The predicted molar refractivity (Wildman–Crippen MR) is 82.9 cm³/mol. The highest BCUT2D eigenvalue weighted by atomic mass is 35.5. The molecule has 0 spiro atoms. The van der Waals surface area contributed by atoms with Gasteiger partial charge in [0.25, 0.3) is 0 Å². The van der Waals surface area contributed by atoms with Gasteiger partial charge in [-0.3, -0.25) is 4.79 Å². The van der Waals surface area contributed by atoms with Crippen LogP contribution < -0.4 is 9.47 Å². The summed E-state index contributed by atoms with van der Waals surface area (Å²) < 4.78 is 11.0. The Morgan fingerprint density at radius 2 is 1.86 bits per heavy atom. The van der Waals surface area contributed by atoms with Crippen molar-refractivity contribution in [3.63, 3.8) is 0 Å². The lowest BCUT2D eigenvalue weighted by atomic mass is 10.2. The zero-order chi connectivity index (χ0) is 15.2. The normalized spacial score (nSPS) is 10.2. The molecule has 110 valence electrons. The van der Waals surface area contributed by atoms with Crippen LogP contribution in [0.1, 0.15) is 24.5 Å². The van der Waals surface area contributed by atoms with Crippen LogP contribution in [0.5, 0.6) is 11.5 Å². The SMILES string of the molecule is CCC(=O)Oc1cccc(Cl)c1COc1ccc(C)cc1. The van der Waals surface area contributed by atoms with Gasteiger partial charge in [0.05, 0.1) is 10.6 Å². The summed E-state index contributed by atoms with van der Waals surface area (Å²) in [6, 6.07) is 12.9. The summed E-state index contributed by atoms with van der Waals surface area (Å²) >= 11 is 6.18. The molecule has 0 radical (unpaired) electrons. The third-order valence-electron chi connectivity index (χ3n) is 2.99. The second-order valence-electron chi connectivity index (χ2n) is 4.65. The van der Waals surface area contributed by atoms with Crippen molar-refractivity contribution < 1.29 is 14.3 Å². The summed E-state index contributed by atoms with van der Waals surface area (Å²) in [5.41, 5.74) is 1.83. The van der Waals surface area contributed by atoms with Gasteiger partial charge in [0, 0.05) is 6.42 Å². The van der Waals surface area contributed by atoms with E-state index in [2.05, 4.69) is 0 Å². The second-order valence-corrected chi connectivity index (χ2v) is 5.05. The minimum Gasteiger partial charge on any atom is -0.489 e. The molecule has 0 atom stereocenters. The molecule has 0 aliphatic heterocycles. The van der Waals surface area contributed by atoms with E-state index in [1.165, 1.54) is 0 Å². The molecule has 0 bridgehead atoms. The van der Waals surface area contributed by atoms with Crippen LogP contribution in [0, 0.1) is 6.92 Å². The monoisotopic (exact) mass is 304 g/mol. The molecule has 2 aromatic carbocycles. The number of hydrogen-bond acceptors (Lipinski definition) is 3. The van der Waals surface area contributed by atoms with Crippen molar-refractivity contribution in [2.75, 3.05) is 0 Å². The molecule has 3 nitrogen and oxygen atoms in total. The average Bonchev–Trinajstić information content (AvgIpc) is 2.48. The maximum Gasteiger partial charge on any atom is 0.310 e. The Labute approximate surface area is 129 Å². The molecular formula is C17H17ClO3. The molecule has 2 rings (SSSR count). The van der Waals surface area contributed by atoms with Crippen molar-refractivity contribution in [1.82, 2.24) is 0 Å². The second kappa shape index (κ2) is 7.14. The maximum absolute atomic E-state index is 11.5. The lowest BCUT2D eigenvalue weighted by molar-refractivity contribution is -0.134. The van der Waals surface area contributed by atoms with Crippen LogP contribution in [0.15, 0.2) is 42.5 Å². The van der Waals surface area contributed by atoms with Gasteiger partial charge in [-0.25, -0.2) is 0 Å². The molecule has 0 saturated carbocycles. The molecule has 4 heteroatoms. The standard InChI is InChI=1S/C17H17ClO3/c1-3-17(19)21-16-6-4-5-15(18)14(16)11-20-13-9-7-12(2)8-10-13/h4-10H,3,11H2,1-2H3. The van der Waals surface area contributed by atoms with Gasteiger partial charge in [0.2, 0.25) is 0 Å². The van der Waals surface area contributed by atoms with E-state index in [9.17, 15) is 4.79 Å². The molecule has 2 aromatic rings. The Hall–Kier alpha value is -2.00. The highest BCUT2D eigenvalue weighted by Gasteiger charge is 2.12. The largest absolute Gasteiger partial charge is 0.489 e. The predicted octanol–water partition coefficient (Wildman–Crippen LogP) is 4.54. The van der Waals surface area contributed by atoms with Crippen molar-refractivity contribution in [3.05, 3.63) is 58.6 Å². The first-order valence-corrected chi connectivity index (χ1v) is 7.15. The highest BCUT2D eigenvalue weighted by Crippen LogP contribution is 2.28. The van der Waals surface area contributed by atoms with Crippen molar-refractivity contribution >= 4 is 17.6 Å². The Balaban J connectivity index is 2.14. The van der Waals surface area contributed by atoms with E-state index < -0.39 is 0 Å². The van der Waals surface area contributed by atoms with Gasteiger partial charge in [-0.1, -0.05) is 42.3 Å². The average molecular weight is 305 g/mol. The number of benzene rings is 2. The number of ether oxygens (including phenoxy) is 2. The maximum atomic E-state index is 11.5. The van der Waals surface area contributed by atoms with E-state index in [-0.39, 0.29) is 12.6 Å². The van der Waals surface area contributed by atoms with E-state index in [0.717, 1.165) is 11.3 Å². The zero-order valence-electron chi connectivity index (χ0n) is 12.1. The number of carbonyl (C=O) groups excluding carboxylic acids is 1. The molecule has 0 amide bonds. The molecule has 0 aliphatic carbocycles. The van der Waals surface area contributed by atoms with Gasteiger partial charge in [-0.2, -0.15) is 0 Å². The summed E-state index contributed by atoms with van der Waals surface area (Å²) in [5, 5.41) is 0.517. The molecule has 0 fully saturated rings. The molecule has 0 aromatic heterocycles. The van der Waals surface area contributed by atoms with Gasteiger partial charge in [-0.05, 0) is 31.2 Å². The lowest BCUT2D eigenvalue weighted by Gasteiger charge is -2.12.